The molecule has 0 aliphatic heterocycles. The summed E-state index contributed by atoms with van der Waals surface area (Å²) in [6, 6.07) is 10.4. The Labute approximate surface area is 115 Å². The molecule has 0 saturated carbocycles. The van der Waals surface area contributed by atoms with Crippen LogP contribution >= 0.6 is 0 Å². The van der Waals surface area contributed by atoms with Gasteiger partial charge in [-0.3, -0.25) is 9.69 Å². The number of aryl methyl sites for hydroxylation is 1. The van der Waals surface area contributed by atoms with E-state index in [0.717, 1.165) is 19.4 Å². The van der Waals surface area contributed by atoms with Gasteiger partial charge in [0.2, 0.25) is 0 Å². The van der Waals surface area contributed by atoms with E-state index in [9.17, 15) is 4.79 Å². The molecule has 0 aliphatic rings. The second kappa shape index (κ2) is 9.34. The third-order valence-corrected chi connectivity index (χ3v) is 2.83. The molecule has 0 atom stereocenters. The minimum absolute atomic E-state index is 0.163. The van der Waals surface area contributed by atoms with Crippen molar-refractivity contribution in [3.63, 3.8) is 0 Å². The fraction of sp³-hybridized carbons (Fsp3) is 0.438. The average Bonchev–Trinajstić information content (AvgIpc) is 2.40. The van der Waals surface area contributed by atoms with Crippen molar-refractivity contribution in [2.24, 2.45) is 0 Å². The number of carbonyl (C=O) groups excluding carboxylic acids is 1. The van der Waals surface area contributed by atoms with Crippen molar-refractivity contribution in [3.8, 4) is 0 Å². The van der Waals surface area contributed by atoms with Crippen molar-refractivity contribution < 1.29 is 9.53 Å². The van der Waals surface area contributed by atoms with Gasteiger partial charge in [0.1, 0.15) is 0 Å². The molecule has 1 aromatic carbocycles. The van der Waals surface area contributed by atoms with E-state index in [-0.39, 0.29) is 5.97 Å². The Balaban J connectivity index is 2.32. The highest BCUT2D eigenvalue weighted by atomic mass is 16.5. The Morgan fingerprint density at radius 3 is 2.74 bits per heavy atom. The summed E-state index contributed by atoms with van der Waals surface area (Å²) in [5.74, 6) is -0.163. The number of rotatable bonds is 9. The Hall–Kier alpha value is -1.61. The minimum Gasteiger partial charge on any atom is -0.465 e. The smallest absolute Gasteiger partial charge is 0.320 e. The van der Waals surface area contributed by atoms with Gasteiger partial charge in [0.25, 0.3) is 0 Å². The van der Waals surface area contributed by atoms with E-state index in [1.165, 1.54) is 5.56 Å². The summed E-state index contributed by atoms with van der Waals surface area (Å²) in [5.41, 5.74) is 1.33. The lowest BCUT2D eigenvalue weighted by Crippen LogP contribution is -2.32. The molecule has 1 aromatic rings. The third kappa shape index (κ3) is 6.77. The summed E-state index contributed by atoms with van der Waals surface area (Å²) in [4.78, 5) is 13.5. The largest absolute Gasteiger partial charge is 0.465 e. The maximum absolute atomic E-state index is 11.5. The molecule has 0 aliphatic carbocycles. The fourth-order valence-corrected chi connectivity index (χ4v) is 1.96. The summed E-state index contributed by atoms with van der Waals surface area (Å²) in [6.45, 7) is 7.92. The van der Waals surface area contributed by atoms with Gasteiger partial charge in [-0.25, -0.2) is 0 Å². The molecule has 0 fully saturated rings. The predicted octanol–water partition coefficient (Wildman–Crippen LogP) is 2.67. The molecule has 0 heterocycles. The Bertz CT molecular complexity index is 376. The van der Waals surface area contributed by atoms with Gasteiger partial charge < -0.3 is 4.74 Å². The molecule has 0 bridgehead atoms. The van der Waals surface area contributed by atoms with Crippen LogP contribution in [0.3, 0.4) is 0 Å². The fourth-order valence-electron chi connectivity index (χ4n) is 1.96. The number of ether oxygens (including phenoxy) is 1. The van der Waals surface area contributed by atoms with E-state index in [0.29, 0.717) is 19.7 Å². The zero-order valence-electron chi connectivity index (χ0n) is 11.7. The first-order valence-corrected chi connectivity index (χ1v) is 6.79. The van der Waals surface area contributed by atoms with Crippen LogP contribution in [0.15, 0.2) is 43.0 Å². The lowest BCUT2D eigenvalue weighted by molar-refractivity contribution is -0.144. The number of hydrogen-bond acceptors (Lipinski definition) is 3. The first kappa shape index (κ1) is 15.4. The number of carbonyl (C=O) groups is 1. The van der Waals surface area contributed by atoms with Crippen molar-refractivity contribution in [3.05, 3.63) is 48.6 Å². The van der Waals surface area contributed by atoms with Gasteiger partial charge in [-0.2, -0.15) is 0 Å². The number of benzene rings is 1. The van der Waals surface area contributed by atoms with Gasteiger partial charge >= 0.3 is 5.97 Å². The van der Waals surface area contributed by atoms with Crippen LogP contribution in [-0.4, -0.2) is 37.1 Å². The topological polar surface area (TPSA) is 29.5 Å². The van der Waals surface area contributed by atoms with Crippen LogP contribution in [0.4, 0.5) is 0 Å². The highest BCUT2D eigenvalue weighted by molar-refractivity contribution is 5.71. The van der Waals surface area contributed by atoms with E-state index >= 15 is 0 Å². The average molecular weight is 261 g/mol. The molecule has 0 amide bonds. The van der Waals surface area contributed by atoms with Gasteiger partial charge in [-0.15, -0.1) is 6.58 Å². The predicted molar refractivity (Wildman–Crippen MR) is 78.0 cm³/mol. The van der Waals surface area contributed by atoms with E-state index in [1.807, 2.05) is 19.1 Å². The summed E-state index contributed by atoms with van der Waals surface area (Å²) in [6.07, 6.45) is 3.87. The quantitative estimate of drug-likeness (QED) is 0.505. The van der Waals surface area contributed by atoms with E-state index in [2.05, 4.69) is 35.7 Å². The van der Waals surface area contributed by atoms with Crippen LogP contribution in [0.2, 0.25) is 0 Å². The van der Waals surface area contributed by atoms with E-state index in [4.69, 9.17) is 4.74 Å². The zero-order chi connectivity index (χ0) is 13.9. The minimum atomic E-state index is -0.163. The highest BCUT2D eigenvalue weighted by Gasteiger charge is 2.09. The molecule has 0 saturated heterocycles. The van der Waals surface area contributed by atoms with Gasteiger partial charge in [-0.1, -0.05) is 36.4 Å². The van der Waals surface area contributed by atoms with Gasteiger partial charge in [-0.05, 0) is 31.9 Å². The number of nitrogens with zero attached hydrogens (tertiary/aromatic N) is 1. The Morgan fingerprint density at radius 1 is 1.37 bits per heavy atom. The van der Waals surface area contributed by atoms with Gasteiger partial charge in [0.05, 0.1) is 13.2 Å². The van der Waals surface area contributed by atoms with Crippen LogP contribution in [0.25, 0.3) is 0 Å². The number of esters is 1. The molecule has 0 aromatic heterocycles. The van der Waals surface area contributed by atoms with Gasteiger partial charge in [0, 0.05) is 6.54 Å². The van der Waals surface area contributed by atoms with E-state index in [1.54, 1.807) is 0 Å². The molecule has 19 heavy (non-hydrogen) atoms. The second-order valence-corrected chi connectivity index (χ2v) is 4.42. The molecule has 0 spiro atoms. The molecule has 0 radical (unpaired) electrons. The highest BCUT2D eigenvalue weighted by Crippen LogP contribution is 2.04. The first-order valence-electron chi connectivity index (χ1n) is 6.79. The van der Waals surface area contributed by atoms with Crippen molar-refractivity contribution in [2.45, 2.75) is 19.8 Å². The lowest BCUT2D eigenvalue weighted by Gasteiger charge is -2.19. The third-order valence-electron chi connectivity index (χ3n) is 2.83. The lowest BCUT2D eigenvalue weighted by atomic mass is 10.1. The van der Waals surface area contributed by atoms with Gasteiger partial charge in [0.15, 0.2) is 0 Å². The maximum atomic E-state index is 11.5. The molecular weight excluding hydrogens is 238 g/mol. The first-order chi connectivity index (χ1) is 9.26. The van der Waals surface area contributed by atoms with Crippen LogP contribution in [-0.2, 0) is 16.0 Å². The summed E-state index contributed by atoms with van der Waals surface area (Å²) < 4.78 is 4.97. The van der Waals surface area contributed by atoms with Crippen molar-refractivity contribution in [2.75, 3.05) is 26.2 Å². The molecular formula is C16H23NO2. The molecule has 0 N–H and O–H groups in total. The maximum Gasteiger partial charge on any atom is 0.320 e. The monoisotopic (exact) mass is 261 g/mol. The van der Waals surface area contributed by atoms with Crippen molar-refractivity contribution >= 4 is 5.97 Å². The molecule has 3 nitrogen and oxygen atoms in total. The molecule has 0 unspecified atom stereocenters. The molecule has 1 rings (SSSR count). The van der Waals surface area contributed by atoms with Crippen LogP contribution in [0.5, 0.6) is 0 Å². The van der Waals surface area contributed by atoms with Crippen LogP contribution in [0.1, 0.15) is 18.9 Å². The van der Waals surface area contributed by atoms with Crippen molar-refractivity contribution in [1.82, 2.24) is 4.90 Å². The summed E-state index contributed by atoms with van der Waals surface area (Å²) >= 11 is 0. The number of hydrogen-bond donors (Lipinski definition) is 0. The van der Waals surface area contributed by atoms with Crippen molar-refractivity contribution in [1.29, 1.82) is 0 Å². The standard InChI is InChI=1S/C16H23NO2/c1-3-12-17(14-16(18)19-4-2)13-8-11-15-9-6-5-7-10-15/h3,5-7,9-10H,1,4,8,11-14H2,2H3. The van der Waals surface area contributed by atoms with E-state index < -0.39 is 0 Å². The Morgan fingerprint density at radius 2 is 2.11 bits per heavy atom. The summed E-state index contributed by atoms with van der Waals surface area (Å²) in [5, 5.41) is 0. The molecule has 104 valence electrons. The normalized spacial score (nSPS) is 10.4. The molecule has 3 heteroatoms. The summed E-state index contributed by atoms with van der Waals surface area (Å²) in [7, 11) is 0. The SMILES string of the molecule is C=CCN(CCCc1ccccc1)CC(=O)OCC. The van der Waals surface area contributed by atoms with Crippen LogP contribution < -0.4 is 0 Å². The zero-order valence-corrected chi connectivity index (χ0v) is 11.7. The second-order valence-electron chi connectivity index (χ2n) is 4.42. The van der Waals surface area contributed by atoms with Crippen LogP contribution in [0, 0.1) is 0 Å². The Kier molecular flexibility index (Phi) is 7.59.